The molecule has 4 rings (SSSR count). The molecule has 5 nitrogen and oxygen atoms in total. The Morgan fingerprint density at radius 3 is 2.84 bits per heavy atom. The first-order valence-corrected chi connectivity index (χ1v) is 9.56. The Labute approximate surface area is 156 Å². The lowest BCUT2D eigenvalue weighted by molar-refractivity contribution is -0.141. The maximum atomic E-state index is 12.8. The molecule has 3 aliphatic rings. The minimum Gasteiger partial charge on any atom is -0.504 e. The average molecular weight is 410 g/mol. The summed E-state index contributed by atoms with van der Waals surface area (Å²) in [6, 6.07) is 2.19. The van der Waals surface area contributed by atoms with E-state index in [1.54, 1.807) is 14.2 Å². The lowest BCUT2D eigenvalue weighted by atomic mass is 9.51. The van der Waals surface area contributed by atoms with Crippen LogP contribution in [0.15, 0.2) is 10.5 Å². The Morgan fingerprint density at radius 2 is 2.16 bits per heavy atom. The van der Waals surface area contributed by atoms with Crippen LogP contribution in [0, 0.1) is 5.92 Å². The van der Waals surface area contributed by atoms with Crippen LogP contribution in [0.2, 0.25) is 0 Å². The summed E-state index contributed by atoms with van der Waals surface area (Å²) >= 11 is 3.67. The molecule has 1 aromatic carbocycles. The Hall–Kier alpha value is -1.11. The minimum absolute atomic E-state index is 0.147. The van der Waals surface area contributed by atoms with E-state index in [0.717, 1.165) is 41.4 Å². The number of benzene rings is 1. The fourth-order valence-electron chi connectivity index (χ4n) is 5.47. The van der Waals surface area contributed by atoms with Gasteiger partial charge in [0.05, 0.1) is 7.11 Å². The number of nitrogens with zero attached hydrogens (tertiary/aromatic N) is 1. The summed E-state index contributed by atoms with van der Waals surface area (Å²) in [6.07, 6.45) is 2.55. The third-order valence-corrected chi connectivity index (χ3v) is 7.41. The van der Waals surface area contributed by atoms with Gasteiger partial charge in [-0.3, -0.25) is 4.79 Å². The number of phenols is 1. The molecule has 2 bridgehead atoms. The topological polar surface area (TPSA) is 59.0 Å². The number of likely N-dealkylation sites (tertiary alicyclic amines) is 1. The van der Waals surface area contributed by atoms with E-state index >= 15 is 0 Å². The fourth-order valence-corrected chi connectivity index (χ4v) is 6.04. The SMILES string of the molecule is COc1cc(Br)c2c(c1O)C13CCN(C)C(C2)C1CC(OC)C(=O)C3. The van der Waals surface area contributed by atoms with E-state index in [-0.39, 0.29) is 23.1 Å². The van der Waals surface area contributed by atoms with Crippen molar-refractivity contribution in [2.24, 2.45) is 5.92 Å². The van der Waals surface area contributed by atoms with Gasteiger partial charge in [-0.25, -0.2) is 0 Å². The van der Waals surface area contributed by atoms with Gasteiger partial charge >= 0.3 is 0 Å². The van der Waals surface area contributed by atoms with E-state index in [0.29, 0.717) is 24.1 Å². The lowest BCUT2D eigenvalue weighted by Gasteiger charge is -2.58. The number of likely N-dealkylation sites (N-methyl/N-ethyl adjacent to an activating group) is 1. The standard InChI is InChI=1S/C19H24BrNO4/c1-21-5-4-19-9-14(22)15(24-2)7-11(19)13(21)6-10-12(20)8-16(25-3)18(23)17(10)19/h8,11,13,15,23H,4-7,9H2,1-3H3. The van der Waals surface area contributed by atoms with Crippen LogP contribution in [0.5, 0.6) is 11.5 Å². The molecule has 6 heteroatoms. The molecule has 0 aromatic heterocycles. The highest BCUT2D eigenvalue weighted by Gasteiger charge is 2.58. The molecule has 0 amide bonds. The predicted molar refractivity (Wildman–Crippen MR) is 97.3 cm³/mol. The van der Waals surface area contributed by atoms with Crippen LogP contribution in [-0.2, 0) is 21.4 Å². The van der Waals surface area contributed by atoms with E-state index in [1.807, 2.05) is 6.07 Å². The normalized spacial score (nSPS) is 34.4. The molecule has 0 spiro atoms. The van der Waals surface area contributed by atoms with Crippen LogP contribution in [0.4, 0.5) is 0 Å². The maximum Gasteiger partial charge on any atom is 0.162 e. The number of hydrogen-bond donors (Lipinski definition) is 1. The Kier molecular flexibility index (Phi) is 4.13. The van der Waals surface area contributed by atoms with Crippen LogP contribution in [0.3, 0.4) is 0 Å². The van der Waals surface area contributed by atoms with Crippen molar-refractivity contribution in [1.29, 1.82) is 0 Å². The fraction of sp³-hybridized carbons (Fsp3) is 0.632. The minimum atomic E-state index is -0.329. The van der Waals surface area contributed by atoms with Crippen LogP contribution in [0.1, 0.15) is 30.4 Å². The number of methoxy groups -OCH3 is 2. The molecular weight excluding hydrogens is 386 g/mol. The van der Waals surface area contributed by atoms with Gasteiger partial charge in [-0.05, 0) is 50.4 Å². The number of fused-ring (bicyclic) bond motifs is 1. The van der Waals surface area contributed by atoms with Gasteiger partial charge in [-0.15, -0.1) is 0 Å². The number of ether oxygens (including phenoxy) is 2. The number of carbonyl (C=O) groups excluding carboxylic acids is 1. The number of piperidine rings is 1. The van der Waals surface area contributed by atoms with E-state index in [9.17, 15) is 9.90 Å². The number of carbonyl (C=O) groups is 1. The zero-order chi connectivity index (χ0) is 17.9. The first-order valence-electron chi connectivity index (χ1n) is 8.77. The second-order valence-corrected chi connectivity index (χ2v) is 8.48. The number of aromatic hydroxyl groups is 1. The largest absolute Gasteiger partial charge is 0.504 e. The van der Waals surface area contributed by atoms with E-state index in [2.05, 4.69) is 27.9 Å². The molecule has 0 radical (unpaired) electrons. The van der Waals surface area contributed by atoms with Gasteiger partial charge in [0.1, 0.15) is 6.10 Å². The lowest BCUT2D eigenvalue weighted by Crippen LogP contribution is -2.63. The molecule has 2 fully saturated rings. The molecule has 1 heterocycles. The first kappa shape index (κ1) is 17.3. The number of ketones is 1. The number of rotatable bonds is 2. The summed E-state index contributed by atoms with van der Waals surface area (Å²) in [6.45, 7) is 0.930. The molecule has 4 atom stereocenters. The Balaban J connectivity index is 1.95. The molecule has 2 aliphatic carbocycles. The van der Waals surface area contributed by atoms with Crippen molar-refractivity contribution >= 4 is 21.7 Å². The van der Waals surface area contributed by atoms with E-state index < -0.39 is 0 Å². The van der Waals surface area contributed by atoms with Gasteiger partial charge in [-0.1, -0.05) is 15.9 Å². The van der Waals surface area contributed by atoms with Crippen LogP contribution in [-0.4, -0.2) is 55.7 Å². The smallest absolute Gasteiger partial charge is 0.162 e. The van der Waals surface area contributed by atoms with Crippen molar-refractivity contribution in [2.45, 2.75) is 43.2 Å². The highest BCUT2D eigenvalue weighted by Crippen LogP contribution is 2.59. The highest BCUT2D eigenvalue weighted by molar-refractivity contribution is 9.10. The number of phenolic OH excluding ortho intramolecular Hbond substituents is 1. The van der Waals surface area contributed by atoms with Crippen molar-refractivity contribution in [3.8, 4) is 11.5 Å². The Bertz CT molecular complexity index is 737. The maximum absolute atomic E-state index is 12.8. The Morgan fingerprint density at radius 1 is 1.40 bits per heavy atom. The van der Waals surface area contributed by atoms with Crippen molar-refractivity contribution in [3.05, 3.63) is 21.7 Å². The summed E-state index contributed by atoms with van der Waals surface area (Å²) in [5.74, 6) is 1.12. The van der Waals surface area contributed by atoms with Crippen LogP contribution < -0.4 is 4.74 Å². The monoisotopic (exact) mass is 409 g/mol. The van der Waals surface area contributed by atoms with Crippen LogP contribution in [0.25, 0.3) is 0 Å². The van der Waals surface area contributed by atoms with Crippen molar-refractivity contribution in [1.82, 2.24) is 4.90 Å². The summed E-state index contributed by atoms with van der Waals surface area (Å²) in [4.78, 5) is 15.2. The van der Waals surface area contributed by atoms with Gasteiger partial charge in [-0.2, -0.15) is 0 Å². The van der Waals surface area contributed by atoms with Crippen molar-refractivity contribution in [2.75, 3.05) is 27.8 Å². The summed E-state index contributed by atoms with van der Waals surface area (Å²) in [7, 11) is 5.35. The van der Waals surface area contributed by atoms with E-state index in [1.165, 1.54) is 0 Å². The molecule has 4 unspecified atom stereocenters. The molecule has 1 saturated heterocycles. The molecule has 1 N–H and O–H groups in total. The average Bonchev–Trinajstić information content (AvgIpc) is 2.59. The second-order valence-electron chi connectivity index (χ2n) is 7.63. The number of Topliss-reactive ketones (excluding diaryl/α,β-unsaturated/α-hetero) is 1. The quantitative estimate of drug-likeness (QED) is 0.813. The molecule has 1 aromatic rings. The zero-order valence-corrected chi connectivity index (χ0v) is 16.4. The van der Waals surface area contributed by atoms with Gasteiger partial charge in [0.2, 0.25) is 0 Å². The molecule has 136 valence electrons. The van der Waals surface area contributed by atoms with Crippen molar-refractivity contribution in [3.63, 3.8) is 0 Å². The molecular formula is C19H24BrNO4. The summed E-state index contributed by atoms with van der Waals surface area (Å²) < 4.78 is 11.8. The summed E-state index contributed by atoms with van der Waals surface area (Å²) in [5.41, 5.74) is 1.73. The second kappa shape index (κ2) is 5.96. The molecule has 1 aliphatic heterocycles. The molecule has 1 saturated carbocycles. The van der Waals surface area contributed by atoms with Gasteiger partial charge in [0.25, 0.3) is 0 Å². The third kappa shape index (κ3) is 2.30. The third-order valence-electron chi connectivity index (χ3n) is 6.70. The number of halogens is 1. The zero-order valence-electron chi connectivity index (χ0n) is 14.8. The first-order chi connectivity index (χ1) is 11.9. The predicted octanol–water partition coefficient (Wildman–Crippen LogP) is 2.66. The van der Waals surface area contributed by atoms with Crippen molar-refractivity contribution < 1.29 is 19.4 Å². The van der Waals surface area contributed by atoms with E-state index in [4.69, 9.17) is 9.47 Å². The summed E-state index contributed by atoms with van der Waals surface area (Å²) in [5, 5.41) is 11.0. The van der Waals surface area contributed by atoms with Gasteiger partial charge < -0.3 is 19.5 Å². The number of hydrogen-bond acceptors (Lipinski definition) is 5. The van der Waals surface area contributed by atoms with Crippen LogP contribution >= 0.6 is 15.9 Å². The molecule has 25 heavy (non-hydrogen) atoms. The highest BCUT2D eigenvalue weighted by atomic mass is 79.9. The van der Waals surface area contributed by atoms with Gasteiger partial charge in [0, 0.05) is 35.0 Å². The van der Waals surface area contributed by atoms with Gasteiger partial charge in [0.15, 0.2) is 17.3 Å².